The summed E-state index contributed by atoms with van der Waals surface area (Å²) in [6.45, 7) is 16.0. The zero-order chi connectivity index (χ0) is 45.9. The first-order valence-electron chi connectivity index (χ1n) is 23.2. The van der Waals surface area contributed by atoms with Crippen molar-refractivity contribution in [2.75, 3.05) is 26.9 Å². The summed E-state index contributed by atoms with van der Waals surface area (Å²) in [5, 5.41) is 6.41. The number of aromatic nitrogens is 4. The molecular weight excluding hydrogens is 841 g/mol. The summed E-state index contributed by atoms with van der Waals surface area (Å²) in [5.74, 6) is -1.53. The molecule has 1 aromatic carbocycles. The van der Waals surface area contributed by atoms with Crippen molar-refractivity contribution < 1.29 is 28.6 Å². The number of amides is 2. The maximum atomic E-state index is 15.0. The summed E-state index contributed by atoms with van der Waals surface area (Å²) in [6.07, 6.45) is 4.34. The average molecular weight is 903 g/mol. The van der Waals surface area contributed by atoms with Crippen molar-refractivity contribution >= 4 is 56.5 Å². The normalized spacial score (nSPS) is 27.3. The number of carbonyl (C=O) groups is 3. The summed E-state index contributed by atoms with van der Waals surface area (Å²) >= 11 is 1.58. The van der Waals surface area contributed by atoms with E-state index < -0.39 is 35.5 Å². The van der Waals surface area contributed by atoms with Gasteiger partial charge in [-0.25, -0.2) is 5.43 Å². The lowest BCUT2D eigenvalue weighted by Gasteiger charge is -2.37. The fourth-order valence-corrected chi connectivity index (χ4v) is 11.6. The first-order chi connectivity index (χ1) is 31.2. The van der Waals surface area contributed by atoms with Gasteiger partial charge in [0, 0.05) is 90.9 Å². The van der Waals surface area contributed by atoms with Crippen LogP contribution in [0, 0.1) is 17.3 Å². The maximum Gasteiger partial charge on any atom is 0.324 e. The van der Waals surface area contributed by atoms with Gasteiger partial charge in [0.1, 0.15) is 23.2 Å². The van der Waals surface area contributed by atoms with E-state index in [1.165, 1.54) is 5.01 Å². The Kier molecular flexibility index (Phi) is 12.4. The number of rotatable bonds is 9. The number of esters is 1. The number of carbonyl (C=O) groups excluding carboxylic acids is 3. The number of cyclic esters (lactones) is 1. The van der Waals surface area contributed by atoms with Gasteiger partial charge in [0.05, 0.1) is 41.2 Å². The number of hydrogen-bond acceptors (Lipinski definition) is 11. The lowest BCUT2D eigenvalue weighted by Crippen LogP contribution is -2.63. The molecule has 7 heterocycles. The Morgan fingerprint density at radius 2 is 1.91 bits per heavy atom. The number of benzene rings is 1. The highest BCUT2D eigenvalue weighted by Gasteiger charge is 2.55. The zero-order valence-corrected chi connectivity index (χ0v) is 39.8. The molecule has 344 valence electrons. The highest BCUT2D eigenvalue weighted by Crippen LogP contribution is 2.53. The molecule has 2 unspecified atom stereocenters. The van der Waals surface area contributed by atoms with Gasteiger partial charge in [-0.2, -0.15) is 0 Å². The molecule has 2 amide bonds. The van der Waals surface area contributed by atoms with Gasteiger partial charge >= 0.3 is 5.97 Å². The SMILES string of the molecule is CCO[C@@H]1C2=NC(c3ccc4c(c3)c(c(-c3cccnc3[C@H](C)OC)n4CC)CC(C)(C)COC(=O)[C@@H]3CCCN(N3)C(=O)[C@H]1NC(=O)[C@H]1[C@H](C)[C@@H]1c1ccc3c(ccn3C)n1)C(C)S2. The van der Waals surface area contributed by atoms with E-state index in [2.05, 4.69) is 74.2 Å². The summed E-state index contributed by atoms with van der Waals surface area (Å²) in [7, 11) is 3.69. The van der Waals surface area contributed by atoms with Gasteiger partial charge in [0.25, 0.3) is 5.91 Å². The van der Waals surface area contributed by atoms with E-state index in [0.717, 1.165) is 55.7 Å². The standard InChI is InChI=1S/C50H62N8O6S/c1-10-57-37-18-16-30-24-32(37)33(44(57)31-14-12-21-51-41(31)28(4)62-9)25-50(6,7)26-64-49(61)36-15-13-22-58(55-36)48(60)43(45(63-11-2)47-54-42(30)29(5)65-47)53-46(59)40-27(3)39(40)35-17-19-38-34(52-35)20-23-56(38)8/h12,14,16-21,23-24,27-29,36,39-40,42-43,45,55H,10-11,13,15,22,25-26H2,1-9H3,(H,53,59)/t27-,28+,29?,36+,39-,40+,42?,43+,45+/m1/s1. The van der Waals surface area contributed by atoms with Gasteiger partial charge in [0.15, 0.2) is 0 Å². The van der Waals surface area contributed by atoms with Crippen molar-refractivity contribution in [3.05, 3.63) is 83.4 Å². The third-order valence-corrected chi connectivity index (χ3v) is 15.1. The molecule has 1 saturated heterocycles. The predicted octanol–water partition coefficient (Wildman–Crippen LogP) is 7.45. The Balaban J connectivity index is 1.14. The molecule has 2 fully saturated rings. The average Bonchev–Trinajstić information content (AvgIpc) is 3.50. The predicted molar refractivity (Wildman–Crippen MR) is 253 cm³/mol. The fraction of sp³-hybridized carbons (Fsp3) is 0.520. The molecule has 65 heavy (non-hydrogen) atoms. The summed E-state index contributed by atoms with van der Waals surface area (Å²) < 4.78 is 22.9. The van der Waals surface area contributed by atoms with Crippen molar-refractivity contribution in [2.45, 2.75) is 116 Å². The lowest BCUT2D eigenvalue weighted by atomic mass is 9.84. The third-order valence-electron chi connectivity index (χ3n) is 13.9. The molecule has 0 spiro atoms. The third kappa shape index (κ3) is 8.38. The summed E-state index contributed by atoms with van der Waals surface area (Å²) in [4.78, 5) is 58.7. The summed E-state index contributed by atoms with van der Waals surface area (Å²) in [5.41, 5.74) is 11.7. The monoisotopic (exact) mass is 902 g/mol. The maximum absolute atomic E-state index is 15.0. The van der Waals surface area contributed by atoms with Crippen molar-refractivity contribution in [3.8, 4) is 11.3 Å². The molecule has 4 aliphatic rings. The molecule has 6 bridgehead atoms. The Hall–Kier alpha value is -5.09. The number of nitrogens with one attached hydrogen (secondary N) is 2. The van der Waals surface area contributed by atoms with E-state index in [0.29, 0.717) is 37.4 Å². The van der Waals surface area contributed by atoms with Crippen LogP contribution in [-0.4, -0.2) is 97.2 Å². The second kappa shape index (κ2) is 17.9. The van der Waals surface area contributed by atoms with Gasteiger partial charge in [0.2, 0.25) is 5.91 Å². The largest absolute Gasteiger partial charge is 0.464 e. The van der Waals surface area contributed by atoms with Gasteiger partial charge in [-0.05, 0) is 99.5 Å². The minimum atomic E-state index is -1.13. The smallest absolute Gasteiger partial charge is 0.324 e. The Morgan fingerprint density at radius 3 is 2.68 bits per heavy atom. The van der Waals surface area contributed by atoms with E-state index in [4.69, 9.17) is 29.2 Å². The molecule has 9 atom stereocenters. The Morgan fingerprint density at radius 1 is 1.11 bits per heavy atom. The molecule has 3 aliphatic heterocycles. The van der Waals surface area contributed by atoms with Gasteiger partial charge in [-0.1, -0.05) is 33.8 Å². The minimum Gasteiger partial charge on any atom is -0.464 e. The molecular formula is C50H62N8O6S. The molecule has 1 saturated carbocycles. The van der Waals surface area contributed by atoms with Crippen LogP contribution in [0.25, 0.3) is 33.2 Å². The molecule has 0 radical (unpaired) electrons. The molecule has 5 aromatic rings. The fourth-order valence-electron chi connectivity index (χ4n) is 10.4. The van der Waals surface area contributed by atoms with Crippen LogP contribution in [0.15, 0.2) is 65.9 Å². The van der Waals surface area contributed by atoms with Crippen LogP contribution in [0.5, 0.6) is 0 Å². The second-order valence-electron chi connectivity index (χ2n) is 19.0. The molecule has 9 rings (SSSR count). The number of ether oxygens (including phenoxy) is 3. The highest BCUT2D eigenvalue weighted by molar-refractivity contribution is 8.14. The topological polar surface area (TPSA) is 154 Å². The minimum absolute atomic E-state index is 0.00521. The number of fused-ring (bicyclic) bond motifs is 6. The van der Waals surface area contributed by atoms with Crippen molar-refractivity contribution in [1.29, 1.82) is 0 Å². The number of aliphatic imine (C=N–C) groups is 1. The van der Waals surface area contributed by atoms with Crippen LogP contribution >= 0.6 is 11.8 Å². The number of hydrazine groups is 1. The van der Waals surface area contributed by atoms with Crippen molar-refractivity contribution in [1.82, 2.24) is 34.9 Å². The van der Waals surface area contributed by atoms with Crippen LogP contribution in [0.2, 0.25) is 0 Å². The molecule has 15 heteroatoms. The number of pyridine rings is 2. The second-order valence-corrected chi connectivity index (χ2v) is 20.4. The number of hydrogen-bond donors (Lipinski definition) is 2. The van der Waals surface area contributed by atoms with E-state index in [1.807, 2.05) is 62.1 Å². The van der Waals surface area contributed by atoms with Gasteiger partial charge < -0.3 is 28.7 Å². The van der Waals surface area contributed by atoms with Crippen LogP contribution in [-0.2, 0) is 48.6 Å². The zero-order valence-electron chi connectivity index (χ0n) is 39.0. The van der Waals surface area contributed by atoms with Crippen LogP contribution < -0.4 is 10.7 Å². The Bertz CT molecular complexity index is 2670. The van der Waals surface area contributed by atoms with Crippen LogP contribution in [0.4, 0.5) is 0 Å². The molecule has 14 nitrogen and oxygen atoms in total. The first-order valence-corrected chi connectivity index (χ1v) is 24.1. The number of thioether (sulfide) groups is 1. The van der Waals surface area contributed by atoms with Crippen LogP contribution in [0.3, 0.4) is 0 Å². The van der Waals surface area contributed by atoms with Crippen LogP contribution in [0.1, 0.15) is 102 Å². The van der Waals surface area contributed by atoms with Crippen molar-refractivity contribution in [2.24, 2.45) is 29.3 Å². The molecule has 1 aliphatic carbocycles. The molecule has 4 aromatic heterocycles. The van der Waals surface area contributed by atoms with E-state index in [9.17, 15) is 14.4 Å². The summed E-state index contributed by atoms with van der Waals surface area (Å²) in [6, 6.07) is 14.6. The highest BCUT2D eigenvalue weighted by atomic mass is 32.2. The van der Waals surface area contributed by atoms with E-state index >= 15 is 0 Å². The quantitative estimate of drug-likeness (QED) is 0.143. The van der Waals surface area contributed by atoms with E-state index in [-0.39, 0.29) is 54.3 Å². The molecule has 2 N–H and O–H groups in total. The Labute approximate surface area is 385 Å². The number of methoxy groups -OCH3 is 1. The number of nitrogens with zero attached hydrogens (tertiary/aromatic N) is 6. The lowest BCUT2D eigenvalue weighted by molar-refractivity contribution is -0.156. The number of aryl methyl sites for hydroxylation is 2. The van der Waals surface area contributed by atoms with Gasteiger partial charge in [-0.15, -0.1) is 11.8 Å². The van der Waals surface area contributed by atoms with Gasteiger partial charge in [-0.3, -0.25) is 34.4 Å². The first kappa shape index (κ1) is 45.1. The van der Waals surface area contributed by atoms with Crippen molar-refractivity contribution in [3.63, 3.8) is 0 Å². The van der Waals surface area contributed by atoms with E-state index in [1.54, 1.807) is 18.9 Å².